The number of benzene rings is 1. The van der Waals surface area contributed by atoms with Crippen LogP contribution in [0.1, 0.15) is 5.56 Å². The molecule has 112 valence electrons. The minimum atomic E-state index is -1.55. The maximum atomic E-state index is 9.91. The summed E-state index contributed by atoms with van der Waals surface area (Å²) < 4.78 is 10.8. The molecule has 1 unspecified atom stereocenters. The molecule has 1 aromatic carbocycles. The molecule has 1 aliphatic rings. The van der Waals surface area contributed by atoms with Crippen molar-refractivity contribution in [2.75, 3.05) is 13.2 Å². The van der Waals surface area contributed by atoms with Crippen LogP contribution in [0.3, 0.4) is 0 Å². The number of aliphatic hydroxyl groups excluding tert-OH is 4. The zero-order valence-corrected chi connectivity index (χ0v) is 11.3. The number of ether oxygens (including phenoxy) is 2. The summed E-state index contributed by atoms with van der Waals surface area (Å²) in [7, 11) is 0. The highest BCUT2D eigenvalue weighted by molar-refractivity contribution is 6.22. The van der Waals surface area contributed by atoms with Gasteiger partial charge in [-0.3, -0.25) is 0 Å². The maximum Gasteiger partial charge on any atom is 0.276 e. The molecule has 1 heterocycles. The average molecular weight is 305 g/mol. The van der Waals surface area contributed by atoms with Gasteiger partial charge in [0.1, 0.15) is 24.4 Å². The average Bonchev–Trinajstić information content (AvgIpc) is 2.89. The van der Waals surface area contributed by atoms with Crippen molar-refractivity contribution in [2.45, 2.75) is 29.7 Å². The van der Waals surface area contributed by atoms with Crippen molar-refractivity contribution in [3.05, 3.63) is 35.9 Å². The lowest BCUT2D eigenvalue weighted by Crippen LogP contribution is -2.47. The zero-order chi connectivity index (χ0) is 14.8. The van der Waals surface area contributed by atoms with Gasteiger partial charge in [0.15, 0.2) is 0 Å². The van der Waals surface area contributed by atoms with Crippen LogP contribution in [0.5, 0.6) is 0 Å². The van der Waals surface area contributed by atoms with Crippen LogP contribution in [0.25, 0.3) is 0 Å². The van der Waals surface area contributed by atoms with Gasteiger partial charge in [-0.2, -0.15) is 0 Å². The van der Waals surface area contributed by atoms with Gasteiger partial charge in [-0.05, 0) is 0 Å². The summed E-state index contributed by atoms with van der Waals surface area (Å²) in [6.45, 7) is -0.717. The van der Waals surface area contributed by atoms with Crippen LogP contribution in [-0.2, 0) is 14.7 Å². The first-order valence-electron chi connectivity index (χ1n) is 6.19. The highest BCUT2D eigenvalue weighted by Crippen LogP contribution is 2.39. The molecular weight excluding hydrogens is 288 g/mol. The van der Waals surface area contributed by atoms with Gasteiger partial charge in [-0.25, -0.2) is 0 Å². The maximum absolute atomic E-state index is 9.91. The topological polar surface area (TPSA) is 99.4 Å². The van der Waals surface area contributed by atoms with E-state index in [1.165, 1.54) is 0 Å². The smallest absolute Gasteiger partial charge is 0.276 e. The molecule has 0 aliphatic carbocycles. The second kappa shape index (κ2) is 6.36. The lowest BCUT2D eigenvalue weighted by Gasteiger charge is -2.26. The molecule has 2 rings (SSSR count). The van der Waals surface area contributed by atoms with Crippen LogP contribution >= 0.6 is 11.6 Å². The molecule has 5 atom stereocenters. The number of hydrogen-bond donors (Lipinski definition) is 4. The van der Waals surface area contributed by atoms with Gasteiger partial charge in [0.05, 0.1) is 13.2 Å². The number of halogens is 1. The molecule has 1 saturated heterocycles. The molecule has 1 fully saturated rings. The van der Waals surface area contributed by atoms with E-state index in [2.05, 4.69) is 0 Å². The Balaban J connectivity index is 2.05. The summed E-state index contributed by atoms with van der Waals surface area (Å²) in [6.07, 6.45) is -5.36. The molecule has 0 aromatic heterocycles. The highest BCUT2D eigenvalue weighted by atomic mass is 35.5. The molecule has 6 nitrogen and oxygen atoms in total. The lowest BCUT2D eigenvalue weighted by atomic mass is 10.0. The Morgan fingerprint density at radius 3 is 2.50 bits per heavy atom. The van der Waals surface area contributed by atoms with Gasteiger partial charge in [-0.15, -0.1) is 0 Å². The Bertz CT molecular complexity index is 430. The lowest BCUT2D eigenvalue weighted by molar-refractivity contribution is -0.151. The van der Waals surface area contributed by atoms with E-state index < -0.39 is 36.3 Å². The SMILES string of the molecule is OC[C@H](O)[C@@H](O)[C@H](O)[C@H]1COC(Cl)(c2ccccc2)O1. The summed E-state index contributed by atoms with van der Waals surface area (Å²) in [5, 5.41) is 36.1. The van der Waals surface area contributed by atoms with Gasteiger partial charge in [0.2, 0.25) is 0 Å². The van der Waals surface area contributed by atoms with Crippen molar-refractivity contribution in [2.24, 2.45) is 0 Å². The minimum absolute atomic E-state index is 0.0469. The van der Waals surface area contributed by atoms with E-state index in [1.54, 1.807) is 24.3 Å². The van der Waals surface area contributed by atoms with E-state index >= 15 is 0 Å². The van der Waals surface area contributed by atoms with Crippen LogP contribution in [0.15, 0.2) is 30.3 Å². The first-order chi connectivity index (χ1) is 9.48. The van der Waals surface area contributed by atoms with Crippen molar-refractivity contribution in [1.29, 1.82) is 0 Å². The third-order valence-corrected chi connectivity index (χ3v) is 3.58. The molecule has 0 spiro atoms. The summed E-state index contributed by atoms with van der Waals surface area (Å²) in [5.74, 6) is 0. The Kier molecular flexibility index (Phi) is 4.98. The van der Waals surface area contributed by atoms with Gasteiger partial charge in [-0.1, -0.05) is 41.9 Å². The van der Waals surface area contributed by atoms with Gasteiger partial charge in [0.25, 0.3) is 5.25 Å². The first-order valence-corrected chi connectivity index (χ1v) is 6.57. The molecule has 20 heavy (non-hydrogen) atoms. The number of rotatable bonds is 5. The van der Waals surface area contributed by atoms with E-state index in [0.717, 1.165) is 0 Å². The minimum Gasteiger partial charge on any atom is -0.394 e. The van der Waals surface area contributed by atoms with E-state index in [4.69, 9.17) is 26.2 Å². The Morgan fingerprint density at radius 2 is 1.90 bits per heavy atom. The third-order valence-electron chi connectivity index (χ3n) is 3.17. The predicted octanol–water partition coefficient (Wildman–Crippen LogP) is -0.474. The third kappa shape index (κ3) is 3.12. The van der Waals surface area contributed by atoms with Gasteiger partial charge >= 0.3 is 0 Å². The van der Waals surface area contributed by atoms with E-state index in [0.29, 0.717) is 5.56 Å². The largest absolute Gasteiger partial charge is 0.394 e. The monoisotopic (exact) mass is 304 g/mol. The summed E-state index contributed by atoms with van der Waals surface area (Å²) in [6, 6.07) is 8.76. The Hall–Kier alpha value is -0.730. The van der Waals surface area contributed by atoms with Crippen molar-refractivity contribution in [1.82, 2.24) is 0 Å². The fourth-order valence-electron chi connectivity index (χ4n) is 1.96. The number of aliphatic hydroxyl groups is 4. The van der Waals surface area contributed by atoms with Gasteiger partial charge < -0.3 is 29.9 Å². The second-order valence-corrected chi connectivity index (χ2v) is 5.10. The fourth-order valence-corrected chi connectivity index (χ4v) is 2.27. The van der Waals surface area contributed by atoms with Crippen molar-refractivity contribution < 1.29 is 29.9 Å². The standard InChI is InChI=1S/C13H17ClO6/c14-13(8-4-2-1-3-5-8)19-7-10(20-13)12(18)11(17)9(16)6-15/h1-5,9-12,15-18H,6-7H2/t9-,10+,11+,12+,13?/m0/s1. The highest BCUT2D eigenvalue weighted by Gasteiger charge is 2.46. The van der Waals surface area contributed by atoms with E-state index in [1.807, 2.05) is 6.07 Å². The molecule has 1 aliphatic heterocycles. The normalized spacial score (nSPS) is 30.9. The molecule has 0 saturated carbocycles. The number of hydrogen-bond acceptors (Lipinski definition) is 6. The molecule has 4 N–H and O–H groups in total. The first kappa shape index (κ1) is 15.7. The molecule has 0 amide bonds. The molecular formula is C13H17ClO6. The molecule has 0 radical (unpaired) electrons. The van der Waals surface area contributed by atoms with Gasteiger partial charge in [0, 0.05) is 5.56 Å². The summed E-state index contributed by atoms with van der Waals surface area (Å²) in [4.78, 5) is 0. The quantitative estimate of drug-likeness (QED) is 0.549. The van der Waals surface area contributed by atoms with Crippen LogP contribution in [0, 0.1) is 0 Å². The molecule has 7 heteroatoms. The molecule has 0 bridgehead atoms. The Morgan fingerprint density at radius 1 is 1.25 bits per heavy atom. The fraction of sp³-hybridized carbons (Fsp3) is 0.538. The van der Waals surface area contributed by atoms with Crippen LogP contribution in [0.2, 0.25) is 0 Å². The van der Waals surface area contributed by atoms with E-state index in [-0.39, 0.29) is 6.61 Å². The zero-order valence-electron chi connectivity index (χ0n) is 10.6. The summed E-state index contributed by atoms with van der Waals surface area (Å²) >= 11 is 6.20. The van der Waals surface area contributed by atoms with Crippen molar-refractivity contribution in [3.8, 4) is 0 Å². The van der Waals surface area contributed by atoms with Crippen LogP contribution in [-0.4, -0.2) is 58.1 Å². The van der Waals surface area contributed by atoms with Crippen molar-refractivity contribution >= 4 is 11.6 Å². The van der Waals surface area contributed by atoms with Crippen molar-refractivity contribution in [3.63, 3.8) is 0 Å². The number of alkyl halides is 1. The second-order valence-electron chi connectivity index (χ2n) is 4.60. The van der Waals surface area contributed by atoms with Crippen LogP contribution in [0.4, 0.5) is 0 Å². The van der Waals surface area contributed by atoms with Crippen LogP contribution < -0.4 is 0 Å². The Labute approximate surface area is 121 Å². The molecule has 1 aromatic rings. The van der Waals surface area contributed by atoms with E-state index in [9.17, 15) is 15.3 Å². The predicted molar refractivity (Wildman–Crippen MR) is 69.9 cm³/mol. The summed E-state index contributed by atoms with van der Waals surface area (Å²) in [5.41, 5.74) is 0.563.